The highest BCUT2D eigenvalue weighted by Gasteiger charge is 2.64. The van der Waals surface area contributed by atoms with Crippen molar-refractivity contribution < 1.29 is 19.8 Å². The Bertz CT molecular complexity index is 761. The molecule has 0 unspecified atom stereocenters. The molecule has 4 aliphatic rings. The number of carbonyl (C=O) groups excluding carboxylic acids is 1. The maximum Gasteiger partial charge on any atom is 0.303 e. The first-order valence-corrected chi connectivity index (χ1v) is 29.6. The zero-order valence-electron chi connectivity index (χ0n) is 53.9. The maximum atomic E-state index is 13.8. The van der Waals surface area contributed by atoms with Gasteiger partial charge >= 0.3 is 5.97 Å². The summed E-state index contributed by atoms with van der Waals surface area (Å²) in [6.45, 7) is 77.3. The van der Waals surface area contributed by atoms with E-state index < -0.39 is 5.97 Å². The summed E-state index contributed by atoms with van der Waals surface area (Å²) in [6, 6.07) is 0. The van der Waals surface area contributed by atoms with Gasteiger partial charge in [0.1, 0.15) is 0 Å². The lowest BCUT2D eigenvalue weighted by Gasteiger charge is -2.61. The Balaban J connectivity index is -0.0000000522. The molecule has 4 nitrogen and oxygen atoms in total. The Labute approximate surface area is 421 Å². The SMILES string of the molecule is C/C=C1/C(=O)[C@@H]2[C@H](CC[C@]3(C)[C@@H]([C@H](C)CCC(=O)O)CC[C@@H]23)[C@@]2(C)CC[C@@H](O)C[C@@H]12.CC.CC.CC.CC.CC.CC.CC.CC.CC.CC.CC.CC.CC.CC.CC.CC.CCC. The number of fused-ring (bicyclic) bond motifs is 5. The van der Waals surface area contributed by atoms with Gasteiger partial charge in [-0.1, -0.05) is 269 Å². The zero-order chi connectivity index (χ0) is 56.6. The average molecular weight is 942 g/mol. The molecule has 0 amide bonds. The van der Waals surface area contributed by atoms with E-state index in [1.165, 1.54) is 6.42 Å². The third kappa shape index (κ3) is 41.5. The largest absolute Gasteiger partial charge is 0.481 e. The number of carboxylic acid groups (broad SMARTS) is 1. The van der Waals surface area contributed by atoms with E-state index in [4.69, 9.17) is 5.11 Å². The second-order valence-electron chi connectivity index (χ2n) is 12.2. The zero-order valence-corrected chi connectivity index (χ0v) is 53.9. The van der Waals surface area contributed by atoms with Gasteiger partial charge in [-0.25, -0.2) is 0 Å². The molecule has 0 spiro atoms. The second-order valence-corrected chi connectivity index (χ2v) is 12.2. The van der Waals surface area contributed by atoms with Gasteiger partial charge in [-0.3, -0.25) is 9.59 Å². The molecule has 4 aliphatic carbocycles. The highest BCUT2D eigenvalue weighted by Crippen LogP contribution is 2.68. The molecular formula is C61H144O4. The van der Waals surface area contributed by atoms with Gasteiger partial charge in [-0.2, -0.15) is 0 Å². The van der Waals surface area contributed by atoms with Crippen LogP contribution in [0.4, 0.5) is 0 Å². The summed E-state index contributed by atoms with van der Waals surface area (Å²) in [5.74, 6) is 1.74. The van der Waals surface area contributed by atoms with Crippen molar-refractivity contribution in [3.8, 4) is 0 Å². The van der Waals surface area contributed by atoms with Crippen LogP contribution in [0.1, 0.15) is 327 Å². The quantitative estimate of drug-likeness (QED) is 0.275. The maximum absolute atomic E-state index is 13.8. The van der Waals surface area contributed by atoms with Crippen molar-refractivity contribution in [3.63, 3.8) is 0 Å². The fourth-order valence-electron chi connectivity index (χ4n) is 8.72. The van der Waals surface area contributed by atoms with Gasteiger partial charge in [-0.15, -0.1) is 0 Å². The predicted octanol–water partition coefficient (Wildman–Crippen LogP) is 23.1. The molecule has 0 aromatic rings. The van der Waals surface area contributed by atoms with E-state index in [0.717, 1.165) is 56.9 Å². The lowest BCUT2D eigenvalue weighted by atomic mass is 9.43. The Morgan fingerprint density at radius 1 is 0.569 bits per heavy atom. The monoisotopic (exact) mass is 941 g/mol. The first-order chi connectivity index (χ1) is 31.5. The molecule has 4 heteroatoms. The summed E-state index contributed by atoms with van der Waals surface area (Å²) in [5.41, 5.74) is 1.25. The Hall–Kier alpha value is -1.16. The number of carboxylic acids is 1. The summed E-state index contributed by atoms with van der Waals surface area (Å²) < 4.78 is 0. The number of rotatable bonds is 4. The lowest BCUT2D eigenvalue weighted by molar-refractivity contribution is -0.150. The molecule has 4 rings (SSSR count). The molecule has 0 heterocycles. The first-order valence-electron chi connectivity index (χ1n) is 29.6. The van der Waals surface area contributed by atoms with E-state index in [1.807, 2.05) is 235 Å². The second kappa shape index (κ2) is 89.4. The summed E-state index contributed by atoms with van der Waals surface area (Å²) in [4.78, 5) is 24.9. The minimum absolute atomic E-state index is 0.114. The van der Waals surface area contributed by atoms with Crippen LogP contribution >= 0.6 is 0 Å². The number of aliphatic hydroxyl groups excluding tert-OH is 1. The molecule has 4 saturated carbocycles. The van der Waals surface area contributed by atoms with Crippen LogP contribution < -0.4 is 0 Å². The smallest absolute Gasteiger partial charge is 0.303 e. The number of hydrogen-bond acceptors (Lipinski definition) is 3. The first kappa shape index (κ1) is 101. The molecule has 412 valence electrons. The van der Waals surface area contributed by atoms with Gasteiger partial charge in [-0.05, 0) is 104 Å². The van der Waals surface area contributed by atoms with Crippen LogP contribution in [0, 0.1) is 46.3 Å². The van der Waals surface area contributed by atoms with E-state index in [2.05, 4.69) is 34.6 Å². The van der Waals surface area contributed by atoms with Crippen molar-refractivity contribution in [3.05, 3.63) is 11.6 Å². The third-order valence-corrected chi connectivity index (χ3v) is 10.3. The van der Waals surface area contributed by atoms with Crippen molar-refractivity contribution in [2.45, 2.75) is 333 Å². The highest BCUT2D eigenvalue weighted by molar-refractivity contribution is 5.99. The number of carbonyl (C=O) groups is 2. The van der Waals surface area contributed by atoms with Crippen molar-refractivity contribution in [2.75, 3.05) is 0 Å². The van der Waals surface area contributed by atoms with Crippen molar-refractivity contribution in [2.24, 2.45) is 46.3 Å². The minimum Gasteiger partial charge on any atom is -0.481 e. The average Bonchev–Trinajstić information content (AvgIpc) is 3.78. The van der Waals surface area contributed by atoms with Crippen molar-refractivity contribution in [1.82, 2.24) is 0 Å². The summed E-state index contributed by atoms with van der Waals surface area (Å²) in [7, 11) is 0. The van der Waals surface area contributed by atoms with E-state index in [-0.39, 0.29) is 35.2 Å². The molecule has 0 aliphatic heterocycles. The van der Waals surface area contributed by atoms with Crippen LogP contribution in [-0.4, -0.2) is 28.1 Å². The minimum atomic E-state index is -0.705. The fourth-order valence-corrected chi connectivity index (χ4v) is 8.72. The van der Waals surface area contributed by atoms with Gasteiger partial charge in [0, 0.05) is 12.3 Å². The highest BCUT2D eigenvalue weighted by atomic mass is 16.4. The van der Waals surface area contributed by atoms with E-state index in [9.17, 15) is 14.7 Å². The Morgan fingerprint density at radius 3 is 1.18 bits per heavy atom. The molecule has 4 fully saturated rings. The van der Waals surface area contributed by atoms with E-state index >= 15 is 0 Å². The van der Waals surface area contributed by atoms with Crippen LogP contribution in [0.15, 0.2) is 11.6 Å². The van der Waals surface area contributed by atoms with Gasteiger partial charge < -0.3 is 10.2 Å². The number of aliphatic carboxylic acids is 1. The summed E-state index contributed by atoms with van der Waals surface area (Å²) in [5, 5.41) is 19.5. The number of hydrogen-bond donors (Lipinski definition) is 2. The van der Waals surface area contributed by atoms with Gasteiger partial charge in [0.25, 0.3) is 0 Å². The molecule has 0 radical (unpaired) electrons. The Morgan fingerprint density at radius 2 is 0.877 bits per heavy atom. The van der Waals surface area contributed by atoms with Crippen LogP contribution in [0.3, 0.4) is 0 Å². The van der Waals surface area contributed by atoms with Gasteiger partial charge in [0.2, 0.25) is 0 Å². The van der Waals surface area contributed by atoms with Crippen LogP contribution in [0.2, 0.25) is 0 Å². The van der Waals surface area contributed by atoms with Gasteiger partial charge in [0.15, 0.2) is 5.78 Å². The Kier molecular flexibility index (Phi) is 140. The van der Waals surface area contributed by atoms with Crippen molar-refractivity contribution >= 4 is 11.8 Å². The molecule has 0 bridgehead atoms. The standard InChI is InChI=1S/C26H40O4.C3H8.16C2H6/c1-5-17-21-14-16(27)10-12-26(21,4)20-11-13-25(3)18(15(2)6-9-22(28)29)7-8-19(25)23(20)24(17)30;1-3-2;16*1-2/h5,15-16,18-21,23,27H,6-14H2,1-4H3,(H,28,29);3H2,1-2H3;16*1-2H3/b17-5+;;;;;;;;;;;;;;;;;/t15-,16-,18-,19+,20+,21+,23+,25-,26-;;;;;;;;;;;;;;;;;/m1................./s1. The molecule has 2 N–H and O–H groups in total. The molecule has 0 saturated heterocycles. The number of ketones is 1. The van der Waals surface area contributed by atoms with Gasteiger partial charge in [0.05, 0.1) is 6.10 Å². The summed E-state index contributed by atoms with van der Waals surface area (Å²) >= 11 is 0. The number of allylic oxidation sites excluding steroid dienone is 2. The van der Waals surface area contributed by atoms with E-state index in [1.54, 1.807) is 0 Å². The molecular weight excluding hydrogens is 797 g/mol. The number of Topliss-reactive ketones (excluding diaryl/α,β-unsaturated/α-hetero) is 1. The fraction of sp³-hybridized carbons (Fsp3) is 0.934. The van der Waals surface area contributed by atoms with E-state index in [0.29, 0.717) is 29.5 Å². The third-order valence-electron chi connectivity index (χ3n) is 10.3. The molecule has 0 aromatic heterocycles. The van der Waals surface area contributed by atoms with Crippen molar-refractivity contribution in [1.29, 1.82) is 0 Å². The van der Waals surface area contributed by atoms with Crippen LogP contribution in [-0.2, 0) is 9.59 Å². The number of aliphatic hydroxyl groups is 1. The predicted molar refractivity (Wildman–Crippen MR) is 314 cm³/mol. The molecule has 0 aromatic carbocycles. The topological polar surface area (TPSA) is 74.6 Å². The summed E-state index contributed by atoms with van der Waals surface area (Å²) in [6.07, 6.45) is 11.1. The van der Waals surface area contributed by atoms with Crippen LogP contribution in [0.25, 0.3) is 0 Å². The molecule has 9 atom stereocenters. The lowest BCUT2D eigenvalue weighted by Crippen LogP contribution is -2.58. The molecule has 65 heavy (non-hydrogen) atoms. The normalized spacial score (nSPS) is 23.9. The van der Waals surface area contributed by atoms with Crippen LogP contribution in [0.5, 0.6) is 0 Å².